The van der Waals surface area contributed by atoms with Crippen LogP contribution in [0.15, 0.2) is 29.2 Å². The van der Waals surface area contributed by atoms with E-state index in [1.165, 1.54) is 0 Å². The molecule has 0 spiro atoms. The Balaban J connectivity index is 1.48. The number of benzene rings is 1. The van der Waals surface area contributed by atoms with Crippen molar-refractivity contribution in [2.75, 3.05) is 44.9 Å². The Bertz CT molecular complexity index is 825. The van der Waals surface area contributed by atoms with Crippen LogP contribution in [0.1, 0.15) is 0 Å². The molecule has 1 aliphatic rings. The predicted molar refractivity (Wildman–Crippen MR) is 124 cm³/mol. The molecule has 1 aromatic rings. The van der Waals surface area contributed by atoms with E-state index in [1.54, 1.807) is 0 Å². The Hall–Kier alpha value is -2.06. The van der Waals surface area contributed by atoms with E-state index in [2.05, 4.69) is 10.6 Å². The molecule has 0 aromatic heterocycles. The fourth-order valence-corrected chi connectivity index (χ4v) is 3.40. The molecule has 0 saturated carbocycles. The van der Waals surface area contributed by atoms with Gasteiger partial charge in [-0.05, 0) is 48.2 Å². The van der Waals surface area contributed by atoms with Gasteiger partial charge in [-0.1, -0.05) is 0 Å². The number of hydrogen-bond acceptors (Lipinski definition) is 11. The van der Waals surface area contributed by atoms with E-state index in [9.17, 15) is 20.1 Å². The van der Waals surface area contributed by atoms with E-state index in [0.717, 1.165) is 22.3 Å². The van der Waals surface area contributed by atoms with Crippen molar-refractivity contribution in [2.45, 2.75) is 35.6 Å². The van der Waals surface area contributed by atoms with Crippen LogP contribution in [-0.4, -0.2) is 102 Å². The van der Waals surface area contributed by atoms with Crippen LogP contribution >= 0.6 is 24.0 Å². The molecule has 5 unspecified atom stereocenters. The summed E-state index contributed by atoms with van der Waals surface area (Å²) in [4.78, 5) is 11.9. The number of ether oxygens (including phenoxy) is 4. The first-order chi connectivity index (χ1) is 16.3. The highest BCUT2D eigenvalue weighted by atomic mass is 32.2. The number of carboxylic acids is 1. The molecule has 2 rings (SSSR count). The smallest absolute Gasteiger partial charge is 0.335 e. The molecule has 188 valence electrons. The molecule has 0 radical (unpaired) electrons. The second kappa shape index (κ2) is 15.0. The van der Waals surface area contributed by atoms with E-state index < -0.39 is 36.7 Å². The SMILES string of the molecule is N#CSc1ccc(NC(=S)NCCOCCOCCOC2OC(C(=O)O)C(O)C(O)C2O)cc1. The summed E-state index contributed by atoms with van der Waals surface area (Å²) in [6, 6.07) is 7.28. The average Bonchev–Trinajstić information content (AvgIpc) is 2.81. The van der Waals surface area contributed by atoms with Crippen LogP contribution in [0.2, 0.25) is 0 Å². The number of thiocyanates is 1. The maximum Gasteiger partial charge on any atom is 0.335 e. The van der Waals surface area contributed by atoms with Gasteiger partial charge in [0.2, 0.25) is 0 Å². The number of anilines is 1. The summed E-state index contributed by atoms with van der Waals surface area (Å²) in [5, 5.41) is 55.3. The molecule has 34 heavy (non-hydrogen) atoms. The maximum absolute atomic E-state index is 11.0. The van der Waals surface area contributed by atoms with Crippen LogP contribution in [0, 0.1) is 10.7 Å². The summed E-state index contributed by atoms with van der Waals surface area (Å²) < 4.78 is 20.9. The molecule has 5 atom stereocenters. The highest BCUT2D eigenvalue weighted by molar-refractivity contribution is 8.03. The van der Waals surface area contributed by atoms with Gasteiger partial charge in [-0.15, -0.1) is 0 Å². The number of thiocarbonyl (C=S) groups is 1. The van der Waals surface area contributed by atoms with Gasteiger partial charge in [0.25, 0.3) is 0 Å². The quantitative estimate of drug-likeness (QED) is 0.0851. The standard InChI is InChI=1S/C20H27N3O9S2/c21-11-34-13-3-1-12(2-4-13)23-20(33)22-5-6-29-7-8-30-9-10-31-19-16(26)14(24)15(25)17(32-19)18(27)28/h1-4,14-17,19,24-26H,5-10H2,(H,27,28)(H2,22,23,33). The highest BCUT2D eigenvalue weighted by Gasteiger charge is 2.47. The molecule has 6 N–H and O–H groups in total. The fraction of sp³-hybridized carbons (Fsp3) is 0.550. The predicted octanol–water partition coefficient (Wildman–Crippen LogP) is -0.512. The second-order valence-corrected chi connectivity index (χ2v) is 8.20. The van der Waals surface area contributed by atoms with Crippen LogP contribution in [0.4, 0.5) is 5.69 Å². The summed E-state index contributed by atoms with van der Waals surface area (Å²) in [7, 11) is 0. The van der Waals surface area contributed by atoms with Gasteiger partial charge in [-0.2, -0.15) is 5.26 Å². The van der Waals surface area contributed by atoms with E-state index in [4.69, 9.17) is 41.5 Å². The van der Waals surface area contributed by atoms with Crippen molar-refractivity contribution >= 4 is 40.7 Å². The highest BCUT2D eigenvalue weighted by Crippen LogP contribution is 2.22. The lowest BCUT2D eigenvalue weighted by atomic mass is 9.99. The Morgan fingerprint density at radius 2 is 1.71 bits per heavy atom. The van der Waals surface area contributed by atoms with Gasteiger partial charge in [0.1, 0.15) is 23.7 Å². The molecular weight excluding hydrogens is 490 g/mol. The van der Waals surface area contributed by atoms with Crippen LogP contribution in [0.25, 0.3) is 0 Å². The van der Waals surface area contributed by atoms with Gasteiger partial charge >= 0.3 is 5.97 Å². The van der Waals surface area contributed by atoms with Gasteiger partial charge in [0.05, 0.1) is 33.0 Å². The monoisotopic (exact) mass is 517 g/mol. The molecule has 14 heteroatoms. The summed E-state index contributed by atoms with van der Waals surface area (Å²) >= 11 is 6.28. The number of nitriles is 1. The van der Waals surface area contributed by atoms with Crippen molar-refractivity contribution in [3.63, 3.8) is 0 Å². The van der Waals surface area contributed by atoms with Crippen molar-refractivity contribution < 1.29 is 44.2 Å². The molecule has 1 saturated heterocycles. The van der Waals surface area contributed by atoms with E-state index in [0.29, 0.717) is 24.9 Å². The Morgan fingerprint density at radius 3 is 2.35 bits per heavy atom. The number of carbonyl (C=O) groups is 1. The van der Waals surface area contributed by atoms with E-state index in [-0.39, 0.29) is 19.8 Å². The zero-order valence-electron chi connectivity index (χ0n) is 18.0. The second-order valence-electron chi connectivity index (χ2n) is 6.93. The summed E-state index contributed by atoms with van der Waals surface area (Å²) in [6.07, 6.45) is -8.18. The van der Waals surface area contributed by atoms with Crippen molar-refractivity contribution in [1.29, 1.82) is 5.26 Å². The topological polar surface area (TPSA) is 183 Å². The number of thioether (sulfide) groups is 1. The molecule has 1 aliphatic heterocycles. The minimum absolute atomic E-state index is 0.0332. The molecular formula is C20H27N3O9S2. The van der Waals surface area contributed by atoms with Crippen LogP contribution in [-0.2, 0) is 23.7 Å². The largest absolute Gasteiger partial charge is 0.479 e. The number of aliphatic hydroxyl groups is 3. The van der Waals surface area contributed by atoms with E-state index in [1.807, 2.05) is 29.7 Å². The minimum Gasteiger partial charge on any atom is -0.479 e. The third-order valence-corrected chi connectivity index (χ3v) is 5.35. The number of nitrogens with zero attached hydrogens (tertiary/aromatic N) is 1. The van der Waals surface area contributed by atoms with Gasteiger partial charge in [-0.25, -0.2) is 4.79 Å². The number of carboxylic acid groups (broad SMARTS) is 1. The molecule has 0 bridgehead atoms. The van der Waals surface area contributed by atoms with Gasteiger partial charge in [0.15, 0.2) is 17.5 Å². The average molecular weight is 518 g/mol. The minimum atomic E-state index is -1.76. The normalized spacial score (nSPS) is 24.2. The first-order valence-corrected chi connectivity index (χ1v) is 11.5. The van der Waals surface area contributed by atoms with Gasteiger partial charge in [0, 0.05) is 17.1 Å². The molecule has 1 aromatic carbocycles. The lowest BCUT2D eigenvalue weighted by Crippen LogP contribution is -2.60. The molecule has 12 nitrogen and oxygen atoms in total. The van der Waals surface area contributed by atoms with Gasteiger partial charge < -0.3 is 50.0 Å². The molecule has 0 amide bonds. The zero-order chi connectivity index (χ0) is 24.9. The van der Waals surface area contributed by atoms with Gasteiger partial charge in [-0.3, -0.25) is 0 Å². The van der Waals surface area contributed by atoms with Crippen molar-refractivity contribution in [1.82, 2.24) is 5.32 Å². The van der Waals surface area contributed by atoms with Crippen LogP contribution < -0.4 is 10.6 Å². The van der Waals surface area contributed by atoms with Crippen LogP contribution in [0.3, 0.4) is 0 Å². The lowest BCUT2D eigenvalue weighted by Gasteiger charge is -2.38. The first kappa shape index (κ1) is 28.2. The number of aliphatic hydroxyl groups excluding tert-OH is 3. The van der Waals surface area contributed by atoms with E-state index >= 15 is 0 Å². The number of hydrogen-bond donors (Lipinski definition) is 6. The Morgan fingerprint density at radius 1 is 1.06 bits per heavy atom. The summed E-state index contributed by atoms with van der Waals surface area (Å²) in [5.74, 6) is -1.48. The number of aliphatic carboxylic acids is 1. The molecule has 1 heterocycles. The Kier molecular flexibility index (Phi) is 12.5. The number of rotatable bonds is 13. The van der Waals surface area contributed by atoms with Crippen molar-refractivity contribution in [2.24, 2.45) is 0 Å². The van der Waals surface area contributed by atoms with Crippen LogP contribution in [0.5, 0.6) is 0 Å². The third kappa shape index (κ3) is 9.29. The molecule has 0 aliphatic carbocycles. The third-order valence-electron chi connectivity index (χ3n) is 4.50. The first-order valence-electron chi connectivity index (χ1n) is 10.2. The summed E-state index contributed by atoms with van der Waals surface area (Å²) in [6.45, 7) is 1.53. The number of nitrogens with one attached hydrogen (secondary N) is 2. The fourth-order valence-electron chi connectivity index (χ4n) is 2.81. The Labute approximate surface area is 205 Å². The maximum atomic E-state index is 11.0. The van der Waals surface area contributed by atoms with Crippen molar-refractivity contribution in [3.8, 4) is 5.40 Å². The van der Waals surface area contributed by atoms with Crippen molar-refractivity contribution in [3.05, 3.63) is 24.3 Å². The zero-order valence-corrected chi connectivity index (χ0v) is 19.7. The summed E-state index contributed by atoms with van der Waals surface area (Å²) in [5.41, 5.74) is 0.798. The lowest BCUT2D eigenvalue weighted by molar-refractivity contribution is -0.295. The molecule has 1 fully saturated rings.